The molecule has 0 saturated heterocycles. The first-order chi connectivity index (χ1) is 13.5. The summed E-state index contributed by atoms with van der Waals surface area (Å²) in [6.07, 6.45) is 8.34. The van der Waals surface area contributed by atoms with E-state index in [1.807, 2.05) is 18.2 Å². The van der Waals surface area contributed by atoms with E-state index in [4.69, 9.17) is 0 Å². The number of nitrogens with one attached hydrogen (secondary N) is 1. The number of anilines is 1. The van der Waals surface area contributed by atoms with Gasteiger partial charge >= 0.3 is 0 Å². The lowest BCUT2D eigenvalue weighted by molar-refractivity contribution is -0.120. The second kappa shape index (κ2) is 9.41. The number of phenolic OH excluding ortho intramolecular Hbond substituents is 1. The molecule has 0 radical (unpaired) electrons. The molecule has 3 rings (SSSR count). The van der Waals surface area contributed by atoms with E-state index in [1.165, 1.54) is 16.7 Å². The molecule has 3 heteroatoms. The zero-order valence-corrected chi connectivity index (χ0v) is 16.7. The second-order valence-corrected chi connectivity index (χ2v) is 7.78. The molecule has 28 heavy (non-hydrogen) atoms. The lowest BCUT2D eigenvalue weighted by atomic mass is 9.74. The van der Waals surface area contributed by atoms with Crippen molar-refractivity contribution in [3.63, 3.8) is 0 Å². The van der Waals surface area contributed by atoms with Gasteiger partial charge in [-0.1, -0.05) is 53.6 Å². The van der Waals surface area contributed by atoms with Gasteiger partial charge in [-0.25, -0.2) is 0 Å². The molecule has 0 fully saturated rings. The number of carbonyl (C=O) groups excluding carboxylic acids is 1. The van der Waals surface area contributed by atoms with Gasteiger partial charge in [0.15, 0.2) is 0 Å². The third-order valence-corrected chi connectivity index (χ3v) is 5.35. The predicted molar refractivity (Wildman–Crippen MR) is 115 cm³/mol. The van der Waals surface area contributed by atoms with Crippen molar-refractivity contribution in [2.75, 3.05) is 5.32 Å². The van der Waals surface area contributed by atoms with E-state index in [0.29, 0.717) is 5.69 Å². The summed E-state index contributed by atoms with van der Waals surface area (Å²) >= 11 is 0. The zero-order chi connectivity index (χ0) is 19.9. The maximum atomic E-state index is 13.0. The van der Waals surface area contributed by atoms with E-state index in [9.17, 15) is 9.90 Å². The highest BCUT2D eigenvalue weighted by molar-refractivity contribution is 5.93. The van der Waals surface area contributed by atoms with Gasteiger partial charge in [0.25, 0.3) is 0 Å². The molecule has 1 aliphatic carbocycles. The van der Waals surface area contributed by atoms with Gasteiger partial charge in [-0.15, -0.1) is 0 Å². The largest absolute Gasteiger partial charge is 0.508 e. The van der Waals surface area contributed by atoms with Gasteiger partial charge in [-0.3, -0.25) is 4.79 Å². The number of rotatable bonds is 6. The highest BCUT2D eigenvalue weighted by atomic mass is 16.3. The van der Waals surface area contributed by atoms with Crippen LogP contribution in [0.15, 0.2) is 77.9 Å². The number of aromatic hydroxyl groups is 1. The monoisotopic (exact) mass is 375 g/mol. The minimum Gasteiger partial charge on any atom is -0.508 e. The predicted octanol–water partition coefficient (Wildman–Crippen LogP) is 6.20. The number of carbonyl (C=O) groups is 1. The molecule has 2 aromatic carbocycles. The standard InChI is InChI=1S/C25H29NO2/c1-18(2)7-6-8-19-11-16-23(24(17-19)20-9-4-3-5-10-20)25(28)26-21-12-14-22(27)15-13-21/h3-5,7,9-15,23-24,27H,6,8,16-17H2,1-2H3,(H,26,28)/t23-,24+/m1/s1. The Hall–Kier alpha value is -2.81. The van der Waals surface area contributed by atoms with Gasteiger partial charge in [0.2, 0.25) is 5.91 Å². The third-order valence-electron chi connectivity index (χ3n) is 5.35. The van der Waals surface area contributed by atoms with E-state index in [2.05, 4.69) is 43.4 Å². The van der Waals surface area contributed by atoms with Crippen LogP contribution in [0.3, 0.4) is 0 Å². The smallest absolute Gasteiger partial charge is 0.228 e. The third kappa shape index (κ3) is 5.35. The topological polar surface area (TPSA) is 49.3 Å². The van der Waals surface area contributed by atoms with Gasteiger partial charge in [0.1, 0.15) is 5.75 Å². The lowest BCUT2D eigenvalue weighted by Crippen LogP contribution is -2.30. The number of amides is 1. The molecule has 0 spiro atoms. The van der Waals surface area contributed by atoms with E-state index in [-0.39, 0.29) is 23.5 Å². The molecule has 0 aromatic heterocycles. The lowest BCUT2D eigenvalue weighted by Gasteiger charge is -2.31. The van der Waals surface area contributed by atoms with Crippen molar-refractivity contribution in [2.45, 2.75) is 45.4 Å². The fourth-order valence-corrected chi connectivity index (χ4v) is 3.84. The summed E-state index contributed by atoms with van der Waals surface area (Å²) in [5.74, 6) is 0.328. The molecule has 146 valence electrons. The molecular weight excluding hydrogens is 346 g/mol. The van der Waals surface area contributed by atoms with Crippen LogP contribution < -0.4 is 5.32 Å². The summed E-state index contributed by atoms with van der Waals surface area (Å²) in [6.45, 7) is 4.26. The van der Waals surface area contributed by atoms with Crippen molar-refractivity contribution >= 4 is 11.6 Å². The highest BCUT2D eigenvalue weighted by Crippen LogP contribution is 2.39. The quantitative estimate of drug-likeness (QED) is 0.467. The first-order valence-corrected chi connectivity index (χ1v) is 9.99. The van der Waals surface area contributed by atoms with Gasteiger partial charge < -0.3 is 10.4 Å². The Labute approximate surface area is 167 Å². The average Bonchev–Trinajstić information content (AvgIpc) is 2.70. The first kappa shape index (κ1) is 19.9. The van der Waals surface area contributed by atoms with Crippen LogP contribution in [0.5, 0.6) is 5.75 Å². The summed E-state index contributed by atoms with van der Waals surface area (Å²) in [5, 5.41) is 12.5. The van der Waals surface area contributed by atoms with E-state index in [1.54, 1.807) is 24.3 Å². The molecule has 1 aliphatic rings. The van der Waals surface area contributed by atoms with Crippen molar-refractivity contribution in [2.24, 2.45) is 5.92 Å². The number of allylic oxidation sites excluding steroid dienone is 4. The second-order valence-electron chi connectivity index (χ2n) is 7.78. The van der Waals surface area contributed by atoms with Crippen LogP contribution in [-0.4, -0.2) is 11.0 Å². The molecule has 3 nitrogen and oxygen atoms in total. The molecule has 2 N–H and O–H groups in total. The van der Waals surface area contributed by atoms with Gasteiger partial charge in [0.05, 0.1) is 0 Å². The minimum absolute atomic E-state index is 0.0409. The van der Waals surface area contributed by atoms with Crippen molar-refractivity contribution in [1.82, 2.24) is 0 Å². The summed E-state index contributed by atoms with van der Waals surface area (Å²) in [6, 6.07) is 17.0. The van der Waals surface area contributed by atoms with E-state index in [0.717, 1.165) is 25.7 Å². The number of hydrogen-bond donors (Lipinski definition) is 2. The molecule has 0 saturated carbocycles. The van der Waals surface area contributed by atoms with E-state index >= 15 is 0 Å². The Kier molecular flexibility index (Phi) is 6.70. The maximum absolute atomic E-state index is 13.0. The zero-order valence-electron chi connectivity index (χ0n) is 16.7. The molecular formula is C25H29NO2. The van der Waals surface area contributed by atoms with Crippen LogP contribution in [-0.2, 0) is 4.79 Å². The Morgan fingerprint density at radius 2 is 1.82 bits per heavy atom. The normalized spacial score (nSPS) is 18.9. The average molecular weight is 376 g/mol. The van der Waals surface area contributed by atoms with Crippen molar-refractivity contribution in [1.29, 1.82) is 0 Å². The van der Waals surface area contributed by atoms with Crippen molar-refractivity contribution in [3.05, 3.63) is 83.5 Å². The molecule has 0 aliphatic heterocycles. The van der Waals surface area contributed by atoms with Crippen LogP contribution in [0.25, 0.3) is 0 Å². The molecule has 0 heterocycles. The maximum Gasteiger partial charge on any atom is 0.228 e. The van der Waals surface area contributed by atoms with Crippen molar-refractivity contribution < 1.29 is 9.90 Å². The Balaban J connectivity index is 1.77. The fraction of sp³-hybridized carbons (Fsp3) is 0.320. The molecule has 2 aromatic rings. The van der Waals surface area contributed by atoms with Crippen molar-refractivity contribution in [3.8, 4) is 5.75 Å². The minimum atomic E-state index is -0.0941. The molecule has 1 amide bonds. The summed E-state index contributed by atoms with van der Waals surface area (Å²) in [7, 11) is 0. The Morgan fingerprint density at radius 1 is 1.11 bits per heavy atom. The molecule has 0 bridgehead atoms. The van der Waals surface area contributed by atoms with Gasteiger partial charge in [0, 0.05) is 11.6 Å². The van der Waals surface area contributed by atoms with Crippen LogP contribution in [0.1, 0.15) is 51.0 Å². The summed E-state index contributed by atoms with van der Waals surface area (Å²) in [4.78, 5) is 13.0. The van der Waals surface area contributed by atoms with Gasteiger partial charge in [-0.2, -0.15) is 0 Å². The highest BCUT2D eigenvalue weighted by Gasteiger charge is 2.32. The van der Waals surface area contributed by atoms with Gasteiger partial charge in [-0.05, 0) is 75.3 Å². The van der Waals surface area contributed by atoms with E-state index < -0.39 is 0 Å². The Morgan fingerprint density at radius 3 is 2.50 bits per heavy atom. The number of hydrogen-bond acceptors (Lipinski definition) is 2. The molecule has 0 unspecified atom stereocenters. The molecule has 2 atom stereocenters. The number of phenols is 1. The number of benzene rings is 2. The summed E-state index contributed by atoms with van der Waals surface area (Å²) < 4.78 is 0. The van der Waals surface area contributed by atoms with Crippen LogP contribution in [0, 0.1) is 5.92 Å². The fourth-order valence-electron chi connectivity index (χ4n) is 3.84. The SMILES string of the molecule is CC(C)=CCCC1=CC[C@@H](C(=O)Nc2ccc(O)cc2)[C@H](c2ccccc2)C1. The van der Waals surface area contributed by atoms with Crippen LogP contribution in [0.4, 0.5) is 5.69 Å². The van der Waals surface area contributed by atoms with Crippen LogP contribution >= 0.6 is 0 Å². The van der Waals surface area contributed by atoms with Crippen LogP contribution in [0.2, 0.25) is 0 Å². The first-order valence-electron chi connectivity index (χ1n) is 9.99. The Bertz CT molecular complexity index is 846. The summed E-state index contributed by atoms with van der Waals surface area (Å²) in [5.41, 5.74) is 4.73.